The highest BCUT2D eigenvalue weighted by molar-refractivity contribution is 6.01. The lowest BCUT2D eigenvalue weighted by molar-refractivity contribution is -0.135. The second-order valence-corrected chi connectivity index (χ2v) is 7.21. The van der Waals surface area contributed by atoms with Gasteiger partial charge in [-0.15, -0.1) is 0 Å². The number of likely N-dealkylation sites (tertiary alicyclic amines) is 1. The Hall–Kier alpha value is -3.23. The van der Waals surface area contributed by atoms with E-state index in [9.17, 15) is 24.0 Å². The van der Waals surface area contributed by atoms with E-state index in [2.05, 4.69) is 5.32 Å². The summed E-state index contributed by atoms with van der Waals surface area (Å²) in [7, 11) is 1.58. The summed E-state index contributed by atoms with van der Waals surface area (Å²) < 4.78 is 2.78. The van der Waals surface area contributed by atoms with Crippen molar-refractivity contribution in [1.29, 1.82) is 0 Å². The first-order valence-electron chi connectivity index (χ1n) is 9.22. The Balaban J connectivity index is 1.71. The standard InChI is InChI=1S/C19H20N4O5/c1-21-15-10-11(18(27)22-8-6-12(24)7-9-22)2-3-13(15)23(19(21)28)14-4-5-16(25)20-17(14)26/h2-3,10,14H,4-9H2,1H3,(H,20,25,26). The average molecular weight is 384 g/mol. The van der Waals surface area contributed by atoms with Gasteiger partial charge in [0.2, 0.25) is 11.8 Å². The molecule has 4 rings (SSSR count). The third-order valence-corrected chi connectivity index (χ3v) is 5.47. The molecule has 3 amide bonds. The Morgan fingerprint density at radius 1 is 1.04 bits per heavy atom. The maximum absolute atomic E-state index is 12.8. The van der Waals surface area contributed by atoms with Gasteiger partial charge in [0.05, 0.1) is 11.0 Å². The fraction of sp³-hybridized carbons (Fsp3) is 0.421. The van der Waals surface area contributed by atoms with Gasteiger partial charge in [-0.2, -0.15) is 0 Å². The second kappa shape index (κ2) is 6.74. The molecule has 0 saturated carbocycles. The molecular formula is C19H20N4O5. The van der Waals surface area contributed by atoms with E-state index in [-0.39, 0.29) is 36.1 Å². The van der Waals surface area contributed by atoms with E-state index >= 15 is 0 Å². The van der Waals surface area contributed by atoms with Crippen LogP contribution in [0.3, 0.4) is 0 Å². The molecule has 2 saturated heterocycles. The molecule has 2 aliphatic heterocycles. The van der Waals surface area contributed by atoms with Crippen LogP contribution in [0.5, 0.6) is 0 Å². The van der Waals surface area contributed by atoms with Crippen LogP contribution in [0, 0.1) is 0 Å². The van der Waals surface area contributed by atoms with E-state index in [0.29, 0.717) is 42.5 Å². The van der Waals surface area contributed by atoms with Crippen LogP contribution in [0.1, 0.15) is 42.1 Å². The molecule has 2 aliphatic rings. The van der Waals surface area contributed by atoms with Crippen molar-refractivity contribution in [2.75, 3.05) is 13.1 Å². The Bertz CT molecular complexity index is 1070. The fourth-order valence-corrected chi connectivity index (χ4v) is 3.87. The summed E-state index contributed by atoms with van der Waals surface area (Å²) in [6.07, 6.45) is 1.15. The van der Waals surface area contributed by atoms with Crippen LogP contribution in [0.15, 0.2) is 23.0 Å². The first kappa shape index (κ1) is 18.1. The number of fused-ring (bicyclic) bond motifs is 1. The van der Waals surface area contributed by atoms with Gasteiger partial charge >= 0.3 is 5.69 Å². The number of hydrogen-bond acceptors (Lipinski definition) is 5. The number of rotatable bonds is 2. The zero-order valence-corrected chi connectivity index (χ0v) is 15.4. The van der Waals surface area contributed by atoms with Gasteiger partial charge in [-0.25, -0.2) is 4.79 Å². The Labute approximate surface area is 159 Å². The van der Waals surface area contributed by atoms with E-state index in [0.717, 1.165) is 0 Å². The predicted octanol–water partition coefficient (Wildman–Crippen LogP) is 0.123. The number of aromatic nitrogens is 2. The van der Waals surface area contributed by atoms with Crippen molar-refractivity contribution >= 4 is 34.5 Å². The summed E-state index contributed by atoms with van der Waals surface area (Å²) in [4.78, 5) is 62.2. The van der Waals surface area contributed by atoms with Crippen molar-refractivity contribution < 1.29 is 19.2 Å². The number of amides is 3. The molecule has 0 radical (unpaired) electrons. The van der Waals surface area contributed by atoms with Gasteiger partial charge in [0.1, 0.15) is 11.8 Å². The minimum atomic E-state index is -0.761. The number of benzene rings is 1. The lowest BCUT2D eigenvalue weighted by Gasteiger charge is -2.26. The molecule has 0 bridgehead atoms. The Kier molecular flexibility index (Phi) is 4.37. The largest absolute Gasteiger partial charge is 0.338 e. The van der Waals surface area contributed by atoms with Gasteiger partial charge in [-0.3, -0.25) is 33.6 Å². The normalized spacial score (nSPS) is 20.5. The number of imide groups is 1. The van der Waals surface area contributed by atoms with E-state index < -0.39 is 11.9 Å². The number of carbonyl (C=O) groups excluding carboxylic acids is 4. The quantitative estimate of drug-likeness (QED) is 0.740. The van der Waals surface area contributed by atoms with Crippen LogP contribution in [0.2, 0.25) is 0 Å². The molecule has 1 N–H and O–H groups in total. The molecule has 1 atom stereocenters. The van der Waals surface area contributed by atoms with Crippen molar-refractivity contribution in [3.05, 3.63) is 34.2 Å². The maximum atomic E-state index is 12.8. The number of hydrogen-bond donors (Lipinski definition) is 1. The maximum Gasteiger partial charge on any atom is 0.329 e. The summed E-state index contributed by atoms with van der Waals surface area (Å²) in [5, 5.41) is 2.27. The third-order valence-electron chi connectivity index (χ3n) is 5.47. The monoisotopic (exact) mass is 384 g/mol. The number of Topliss-reactive ketones (excluding diaryl/α,β-unsaturated/α-hetero) is 1. The van der Waals surface area contributed by atoms with Gasteiger partial charge < -0.3 is 4.90 Å². The van der Waals surface area contributed by atoms with Crippen LogP contribution in [0.25, 0.3) is 11.0 Å². The lowest BCUT2D eigenvalue weighted by atomic mass is 10.1. The highest BCUT2D eigenvalue weighted by Crippen LogP contribution is 2.24. The number of carbonyl (C=O) groups is 4. The SMILES string of the molecule is Cn1c(=O)n(C2CCC(=O)NC2=O)c2ccc(C(=O)N3CCC(=O)CC3)cc21. The number of nitrogens with one attached hydrogen (secondary N) is 1. The van der Waals surface area contributed by atoms with E-state index in [4.69, 9.17) is 0 Å². The molecule has 9 nitrogen and oxygen atoms in total. The van der Waals surface area contributed by atoms with Gasteiger partial charge in [0.25, 0.3) is 5.91 Å². The van der Waals surface area contributed by atoms with Crippen LogP contribution >= 0.6 is 0 Å². The van der Waals surface area contributed by atoms with Crippen molar-refractivity contribution in [3.63, 3.8) is 0 Å². The Morgan fingerprint density at radius 3 is 2.43 bits per heavy atom. The molecule has 3 heterocycles. The minimum Gasteiger partial charge on any atom is -0.338 e. The predicted molar refractivity (Wildman–Crippen MR) is 98.7 cm³/mol. The van der Waals surface area contributed by atoms with E-state index in [1.165, 1.54) is 9.13 Å². The summed E-state index contributed by atoms with van der Waals surface area (Å²) in [6, 6.07) is 4.16. The molecule has 0 spiro atoms. The third kappa shape index (κ3) is 2.92. The summed E-state index contributed by atoms with van der Waals surface area (Å²) in [5.41, 5.74) is 1.12. The number of imidazole rings is 1. The minimum absolute atomic E-state index is 0.156. The molecule has 28 heavy (non-hydrogen) atoms. The lowest BCUT2D eigenvalue weighted by Crippen LogP contribution is -2.44. The summed E-state index contributed by atoms with van der Waals surface area (Å²) in [5.74, 6) is -0.870. The van der Waals surface area contributed by atoms with Crippen LogP contribution in [0.4, 0.5) is 0 Å². The molecule has 2 fully saturated rings. The van der Waals surface area contributed by atoms with Gasteiger partial charge in [0.15, 0.2) is 0 Å². The molecule has 146 valence electrons. The van der Waals surface area contributed by atoms with Gasteiger partial charge in [-0.1, -0.05) is 0 Å². The van der Waals surface area contributed by atoms with Crippen LogP contribution < -0.4 is 11.0 Å². The highest BCUT2D eigenvalue weighted by Gasteiger charge is 2.31. The molecule has 0 aliphatic carbocycles. The molecule has 9 heteroatoms. The smallest absolute Gasteiger partial charge is 0.329 e. The van der Waals surface area contributed by atoms with Crippen LogP contribution in [-0.2, 0) is 21.4 Å². The number of ketones is 1. The molecule has 2 aromatic rings. The second-order valence-electron chi connectivity index (χ2n) is 7.21. The molecular weight excluding hydrogens is 364 g/mol. The zero-order chi connectivity index (χ0) is 20.0. The molecule has 1 aromatic heterocycles. The van der Waals surface area contributed by atoms with Crippen LogP contribution in [-0.4, -0.2) is 50.6 Å². The number of aryl methyl sites for hydroxylation is 1. The van der Waals surface area contributed by atoms with Crippen molar-refractivity contribution in [1.82, 2.24) is 19.4 Å². The molecule has 1 unspecified atom stereocenters. The first-order valence-corrected chi connectivity index (χ1v) is 9.22. The van der Waals surface area contributed by atoms with Gasteiger partial charge in [0, 0.05) is 45.0 Å². The van der Waals surface area contributed by atoms with Crippen molar-refractivity contribution in [2.24, 2.45) is 7.05 Å². The van der Waals surface area contributed by atoms with Crippen molar-refractivity contribution in [3.8, 4) is 0 Å². The Morgan fingerprint density at radius 2 is 1.75 bits per heavy atom. The fourth-order valence-electron chi connectivity index (χ4n) is 3.87. The van der Waals surface area contributed by atoms with E-state index in [1.807, 2.05) is 0 Å². The van der Waals surface area contributed by atoms with Crippen molar-refractivity contribution in [2.45, 2.75) is 31.7 Å². The highest BCUT2D eigenvalue weighted by atomic mass is 16.2. The number of piperidine rings is 2. The first-order chi connectivity index (χ1) is 13.4. The topological polar surface area (TPSA) is 110 Å². The van der Waals surface area contributed by atoms with Gasteiger partial charge in [-0.05, 0) is 24.6 Å². The molecule has 1 aromatic carbocycles. The summed E-state index contributed by atoms with van der Waals surface area (Å²) in [6.45, 7) is 0.790. The van der Waals surface area contributed by atoms with E-state index in [1.54, 1.807) is 30.1 Å². The summed E-state index contributed by atoms with van der Waals surface area (Å²) >= 11 is 0. The number of nitrogens with zero attached hydrogens (tertiary/aromatic N) is 3. The average Bonchev–Trinajstić information content (AvgIpc) is 2.92. The zero-order valence-electron chi connectivity index (χ0n) is 15.4.